The number of alkyl halides is 3. The molecule has 4 aliphatic rings. The maximum Gasteiger partial charge on any atom is 0.471 e. The van der Waals surface area contributed by atoms with Gasteiger partial charge in [-0.05, 0) is 42.8 Å². The SMILES string of the molecule is CC(=O)N[C@H]1[C@H]2OC[C@](COCCOCCOCCOCCNC(=O)OCC(COCCC(=O)NCCOCCOCCOCCOC[C@@]34CO[C@@H](O3)[C@H](NC(=O)C(F)(F)F)[C@@H](O)[C@H]4O)CC(=O)CCCOc3ccc4nc(-c5cn(-c6ccc(O)c(F)c6)nn5)ccc4c3)(O2)[C@H](O)[C@@H]1O. The first-order valence-electron chi connectivity index (χ1n) is 32.4. The van der Waals surface area contributed by atoms with Crippen LogP contribution in [0.2, 0.25) is 0 Å². The number of pyridine rings is 1. The number of amides is 4. The highest BCUT2D eigenvalue weighted by Gasteiger charge is 2.61. The third-order valence-electron chi connectivity index (χ3n) is 15.9. The van der Waals surface area contributed by atoms with E-state index >= 15 is 0 Å². The van der Waals surface area contributed by atoms with Gasteiger partial charge in [0.05, 0.1) is 168 Å². The maximum absolute atomic E-state index is 14.0. The number of aromatic nitrogens is 4. The fourth-order valence-electron chi connectivity index (χ4n) is 10.7. The quantitative estimate of drug-likeness (QED) is 0.0202. The Labute approximate surface area is 570 Å². The molecule has 0 spiro atoms. The molecule has 37 heteroatoms. The van der Waals surface area contributed by atoms with E-state index in [1.165, 1.54) is 23.7 Å². The van der Waals surface area contributed by atoms with Crippen molar-refractivity contribution in [2.75, 3.05) is 158 Å². The molecule has 33 nitrogen and oxygen atoms in total. The van der Waals surface area contributed by atoms with Crippen molar-refractivity contribution >= 4 is 40.5 Å². The molecule has 556 valence electrons. The second-order valence-corrected chi connectivity index (χ2v) is 23.6. The molecule has 9 N–H and O–H groups in total. The molecule has 100 heavy (non-hydrogen) atoms. The summed E-state index contributed by atoms with van der Waals surface area (Å²) in [6, 6.07) is 10.2. The molecule has 6 heterocycles. The third kappa shape index (κ3) is 23.8. The van der Waals surface area contributed by atoms with Gasteiger partial charge in [0.25, 0.3) is 0 Å². The number of hydrogen-bond acceptors (Lipinski definition) is 28. The lowest BCUT2D eigenvalue weighted by Gasteiger charge is -2.42. The summed E-state index contributed by atoms with van der Waals surface area (Å²) in [6.45, 7) is 3.66. The van der Waals surface area contributed by atoms with E-state index < -0.39 is 102 Å². The van der Waals surface area contributed by atoms with E-state index in [0.717, 1.165) is 11.5 Å². The van der Waals surface area contributed by atoms with Crippen LogP contribution in [-0.2, 0) is 85.5 Å². The second kappa shape index (κ2) is 39.4. The second-order valence-electron chi connectivity index (χ2n) is 23.6. The molecule has 1 unspecified atom stereocenters. The van der Waals surface area contributed by atoms with E-state index in [1.807, 2.05) is 12.1 Å². The number of ketones is 1. The van der Waals surface area contributed by atoms with Crippen LogP contribution in [-0.4, -0.2) is 300 Å². The Kier molecular flexibility index (Phi) is 31.0. The van der Waals surface area contributed by atoms with E-state index in [2.05, 4.69) is 31.2 Å². The van der Waals surface area contributed by atoms with Crippen LogP contribution < -0.4 is 26.0 Å². The van der Waals surface area contributed by atoms with Gasteiger partial charge in [-0.3, -0.25) is 19.2 Å². The zero-order chi connectivity index (χ0) is 71.5. The van der Waals surface area contributed by atoms with E-state index in [-0.39, 0.29) is 189 Å². The minimum Gasteiger partial charge on any atom is -0.505 e. The normalized spacial score (nSPS) is 23.5. The van der Waals surface area contributed by atoms with Crippen LogP contribution in [0.1, 0.15) is 32.6 Å². The standard InChI is InChI=1S/C63H86F4N8O25/c1-39(76)70-51-53(80)55(82)61(37-97-57(51)99-61)35-93-27-25-91-24-22-89-20-18-87-16-12-69-60(85)96-34-40(29-43(77)3-2-13-95-44-6-8-46-41(30-44)4-7-47(71-46)48-32-75(74-73-48)42-5-9-49(78)45(64)31-42)33-92-14-10-50(79)68-11-15-86-17-19-88-21-23-90-26-28-94-36-62-38-98-58(100-62)52(54(81)56(62)83)72-59(84)63(65,66)67/h4-9,30-32,40,51-58,78,80-83H,2-3,10-29,33-38H2,1H3,(H,68,79)(H,69,85)(H,70,76)(H,72,84)/t40?,51-,52-,53-,54-,55-,56-,57+,58+,61+,62+/m1/s1. The number of carbonyl (C=O) groups is 5. The highest BCUT2D eigenvalue weighted by molar-refractivity contribution is 5.83. The zero-order valence-electron chi connectivity index (χ0n) is 54.9. The summed E-state index contributed by atoms with van der Waals surface area (Å²) in [7, 11) is 0. The molecule has 4 aromatic rings. The Hall–Kier alpha value is -7.02. The fraction of sp³-hybridized carbons (Fsp3) is 0.651. The van der Waals surface area contributed by atoms with E-state index in [9.17, 15) is 67.1 Å². The number of aliphatic hydroxyl groups is 4. The number of aliphatic hydroxyl groups excluding tert-OH is 4. The number of fused-ring (bicyclic) bond motifs is 5. The number of nitrogens with one attached hydrogen (secondary N) is 4. The van der Waals surface area contributed by atoms with Gasteiger partial charge in [0.2, 0.25) is 11.8 Å². The van der Waals surface area contributed by atoms with Gasteiger partial charge >= 0.3 is 18.2 Å². The van der Waals surface area contributed by atoms with Gasteiger partial charge in [0, 0.05) is 56.6 Å². The molecule has 4 saturated heterocycles. The van der Waals surface area contributed by atoms with Gasteiger partial charge in [-0.15, -0.1) is 5.10 Å². The van der Waals surface area contributed by atoms with Crippen LogP contribution in [0, 0.1) is 11.7 Å². The number of halogens is 4. The lowest BCUT2D eigenvalue weighted by molar-refractivity contribution is -0.240. The van der Waals surface area contributed by atoms with Gasteiger partial charge in [-0.25, -0.2) is 18.9 Å². The van der Waals surface area contributed by atoms with Crippen molar-refractivity contribution in [1.29, 1.82) is 0 Å². The molecule has 4 fully saturated rings. The van der Waals surface area contributed by atoms with E-state index in [1.54, 1.807) is 29.7 Å². The molecule has 4 bridgehead atoms. The van der Waals surface area contributed by atoms with Gasteiger partial charge < -0.3 is 118 Å². The number of aromatic hydroxyl groups is 1. The lowest BCUT2D eigenvalue weighted by Crippen LogP contribution is -2.67. The van der Waals surface area contributed by atoms with Crippen LogP contribution in [0.5, 0.6) is 11.5 Å². The minimum absolute atomic E-state index is 0.00278. The summed E-state index contributed by atoms with van der Waals surface area (Å²) < 4.78 is 137. The topological polar surface area (TPSA) is 417 Å². The number of Topliss-reactive ketones (excluding diaryl/α,β-unsaturated/α-hetero) is 1. The summed E-state index contributed by atoms with van der Waals surface area (Å²) in [5.74, 6) is -4.44. The van der Waals surface area contributed by atoms with Crippen molar-refractivity contribution in [1.82, 2.24) is 41.2 Å². The van der Waals surface area contributed by atoms with Crippen LogP contribution in [0.25, 0.3) is 28.0 Å². The number of rotatable bonds is 46. The first-order valence-corrected chi connectivity index (χ1v) is 32.4. The highest BCUT2D eigenvalue weighted by Crippen LogP contribution is 2.39. The van der Waals surface area contributed by atoms with Crippen molar-refractivity contribution in [3.8, 4) is 28.6 Å². The van der Waals surface area contributed by atoms with E-state index in [0.29, 0.717) is 34.8 Å². The van der Waals surface area contributed by atoms with Gasteiger partial charge in [0.1, 0.15) is 64.9 Å². The van der Waals surface area contributed by atoms with E-state index in [4.69, 9.17) is 71.1 Å². The van der Waals surface area contributed by atoms with Crippen molar-refractivity contribution in [2.45, 2.75) is 99.1 Å². The molecule has 11 atom stereocenters. The molecule has 2 aromatic heterocycles. The molecular weight excluding hydrogens is 1340 g/mol. The van der Waals surface area contributed by atoms with Crippen molar-refractivity contribution in [3.63, 3.8) is 0 Å². The van der Waals surface area contributed by atoms with Gasteiger partial charge in [-0.1, -0.05) is 11.3 Å². The number of phenols is 1. The number of nitrogens with zero attached hydrogens (tertiary/aromatic N) is 4. The van der Waals surface area contributed by atoms with Crippen molar-refractivity contribution in [2.24, 2.45) is 5.92 Å². The smallest absolute Gasteiger partial charge is 0.471 e. The number of ether oxygens (including phenoxy) is 15. The van der Waals surface area contributed by atoms with Crippen LogP contribution in [0.4, 0.5) is 22.4 Å². The summed E-state index contributed by atoms with van der Waals surface area (Å²) in [5, 5.41) is 70.3. The Bertz CT molecular complexity index is 3240. The number of alkyl carbamates (subject to hydrolysis) is 1. The molecule has 2 aromatic carbocycles. The highest BCUT2D eigenvalue weighted by atomic mass is 19.4. The molecule has 0 saturated carbocycles. The Morgan fingerprint density at radius 1 is 0.650 bits per heavy atom. The predicted octanol–water partition coefficient (Wildman–Crippen LogP) is -0.311. The average Bonchev–Trinajstić information content (AvgIpc) is 1.59. The fourth-order valence-corrected chi connectivity index (χ4v) is 10.7. The monoisotopic (exact) mass is 1430 g/mol. The summed E-state index contributed by atoms with van der Waals surface area (Å²) in [5.41, 5.74) is -0.862. The molecule has 8 rings (SSSR count). The van der Waals surface area contributed by atoms with Crippen LogP contribution >= 0.6 is 0 Å². The lowest BCUT2D eigenvalue weighted by atomic mass is 9.88. The Morgan fingerprint density at radius 3 is 1.80 bits per heavy atom. The maximum atomic E-state index is 14.0. The third-order valence-corrected chi connectivity index (χ3v) is 15.9. The predicted molar refractivity (Wildman–Crippen MR) is 333 cm³/mol. The number of benzene rings is 2. The van der Waals surface area contributed by atoms with Crippen LogP contribution in [0.15, 0.2) is 54.7 Å². The van der Waals surface area contributed by atoms with Crippen molar-refractivity contribution < 1.29 is 138 Å². The number of hydrogen-bond donors (Lipinski definition) is 9. The molecule has 4 aliphatic heterocycles. The summed E-state index contributed by atoms with van der Waals surface area (Å²) in [4.78, 5) is 66.2. The Morgan fingerprint density at radius 2 is 1.22 bits per heavy atom. The first kappa shape index (κ1) is 78.7. The number of phenolic OH excluding ortho intramolecular Hbond substituents is 1. The Balaban J connectivity index is 0.660. The molecule has 4 amide bonds. The van der Waals surface area contributed by atoms with Crippen molar-refractivity contribution in [3.05, 3.63) is 60.5 Å². The largest absolute Gasteiger partial charge is 0.505 e. The average molecular weight is 1430 g/mol. The zero-order valence-corrected chi connectivity index (χ0v) is 54.9. The first-order chi connectivity index (χ1) is 48.1. The van der Waals surface area contributed by atoms with Crippen LogP contribution in [0.3, 0.4) is 0 Å². The van der Waals surface area contributed by atoms with Gasteiger partial charge in [-0.2, -0.15) is 13.2 Å². The molecule has 0 aliphatic carbocycles. The van der Waals surface area contributed by atoms with Gasteiger partial charge in [0.15, 0.2) is 24.1 Å². The molecule has 0 radical (unpaired) electrons. The minimum atomic E-state index is -5.22. The number of carbonyl (C=O) groups excluding carboxylic acids is 5. The summed E-state index contributed by atoms with van der Waals surface area (Å²) >= 11 is 0. The molecular formula is C63H86F4N8O25. The summed E-state index contributed by atoms with van der Waals surface area (Å²) in [6.07, 6.45) is -12.4.